The second-order valence-corrected chi connectivity index (χ2v) is 5.43. The zero-order valence-electron chi connectivity index (χ0n) is 13.0. The van der Waals surface area contributed by atoms with Gasteiger partial charge in [0.05, 0.1) is 17.6 Å². The summed E-state index contributed by atoms with van der Waals surface area (Å²) in [5.41, 5.74) is 3.91. The summed E-state index contributed by atoms with van der Waals surface area (Å²) in [6, 6.07) is 11.2. The summed E-state index contributed by atoms with van der Waals surface area (Å²) in [7, 11) is 0. The number of carbonyl (C=O) groups excluding carboxylic acids is 1. The summed E-state index contributed by atoms with van der Waals surface area (Å²) >= 11 is 0. The summed E-state index contributed by atoms with van der Waals surface area (Å²) in [6.45, 7) is -1.05. The Labute approximate surface area is 142 Å². The summed E-state index contributed by atoms with van der Waals surface area (Å²) < 4.78 is 19.4. The number of amides is 1. The number of alkyl halides is 1. The number of hydrogen-bond donors (Lipinski definition) is 1. The lowest BCUT2D eigenvalue weighted by Crippen LogP contribution is -2.13. The molecule has 0 unspecified atom stereocenters. The van der Waals surface area contributed by atoms with E-state index >= 15 is 0 Å². The molecule has 4 aromatic rings. The fourth-order valence-corrected chi connectivity index (χ4v) is 2.56. The minimum Gasteiger partial charge on any atom is -0.444 e. The van der Waals surface area contributed by atoms with E-state index in [1.165, 1.54) is 6.39 Å². The third-order valence-electron chi connectivity index (χ3n) is 3.75. The van der Waals surface area contributed by atoms with E-state index in [2.05, 4.69) is 15.3 Å². The Morgan fingerprint density at radius 2 is 1.92 bits per heavy atom. The maximum atomic E-state index is 12.3. The van der Waals surface area contributed by atoms with Crippen LogP contribution in [0.5, 0.6) is 0 Å². The van der Waals surface area contributed by atoms with E-state index in [0.29, 0.717) is 11.4 Å². The van der Waals surface area contributed by atoms with Gasteiger partial charge in [-0.05, 0) is 12.1 Å². The molecule has 3 heterocycles. The molecule has 3 aromatic heterocycles. The quantitative estimate of drug-likeness (QED) is 0.619. The van der Waals surface area contributed by atoms with Gasteiger partial charge in [-0.15, -0.1) is 0 Å². The van der Waals surface area contributed by atoms with E-state index in [4.69, 9.17) is 4.42 Å². The van der Waals surface area contributed by atoms with Crippen molar-refractivity contribution in [2.45, 2.75) is 0 Å². The number of halogens is 1. The predicted octanol–water partition coefficient (Wildman–Crippen LogP) is 3.56. The van der Waals surface area contributed by atoms with Gasteiger partial charge in [-0.3, -0.25) is 4.79 Å². The van der Waals surface area contributed by atoms with Crippen LogP contribution in [0.15, 0.2) is 65.8 Å². The van der Waals surface area contributed by atoms with Gasteiger partial charge in [0.2, 0.25) is 0 Å². The molecule has 124 valence electrons. The third-order valence-corrected chi connectivity index (χ3v) is 3.75. The summed E-state index contributed by atoms with van der Waals surface area (Å²) in [4.78, 5) is 19.6. The number of benzene rings is 1. The van der Waals surface area contributed by atoms with E-state index in [1.807, 2.05) is 30.5 Å². The highest BCUT2D eigenvalue weighted by Crippen LogP contribution is 2.25. The number of aromatic nitrogens is 3. The van der Waals surface area contributed by atoms with Crippen LogP contribution in [0.2, 0.25) is 0 Å². The molecule has 0 saturated carbocycles. The van der Waals surface area contributed by atoms with Crippen molar-refractivity contribution in [1.29, 1.82) is 0 Å². The lowest BCUT2D eigenvalue weighted by molar-refractivity contribution is -0.117. The molecule has 0 aliphatic rings. The summed E-state index contributed by atoms with van der Waals surface area (Å²) in [5.74, 6) is 0.0255. The van der Waals surface area contributed by atoms with Gasteiger partial charge in [-0.1, -0.05) is 24.3 Å². The maximum Gasteiger partial charge on any atom is 0.255 e. The minimum atomic E-state index is -1.05. The normalized spacial score (nSPS) is 10.9. The molecule has 0 aliphatic heterocycles. The molecule has 0 spiro atoms. The molecule has 0 aliphatic carbocycles. The van der Waals surface area contributed by atoms with E-state index in [1.54, 1.807) is 28.9 Å². The molecule has 0 radical (unpaired) electrons. The molecule has 1 N–H and O–H groups in total. The molecule has 7 heteroatoms. The van der Waals surface area contributed by atoms with Gasteiger partial charge in [-0.2, -0.15) is 0 Å². The van der Waals surface area contributed by atoms with Crippen LogP contribution in [0.25, 0.3) is 28.2 Å². The number of oxazole rings is 1. The standard InChI is InChI=1S/C18H13FN4O2/c19-7-18(24)21-14-5-6-17-22-15(10-23(17)9-14)12-1-3-13(4-2-12)16-8-20-11-25-16/h1-6,8-11H,7H2,(H,21,24)/i19-1. The number of imidazole rings is 1. The van der Waals surface area contributed by atoms with Crippen LogP contribution in [-0.2, 0) is 4.79 Å². The first kappa shape index (κ1) is 15.1. The van der Waals surface area contributed by atoms with Gasteiger partial charge < -0.3 is 14.1 Å². The SMILES string of the molecule is O=C(C[18F])Nc1ccc2nc(-c3ccc(-c4cnco4)cc3)cn2c1. The van der Waals surface area contributed by atoms with Crippen molar-refractivity contribution < 1.29 is 13.6 Å². The van der Waals surface area contributed by atoms with Crippen LogP contribution in [0, 0.1) is 0 Å². The minimum absolute atomic E-state index is 0.514. The third kappa shape index (κ3) is 2.99. The second kappa shape index (κ2) is 6.20. The van der Waals surface area contributed by atoms with Crippen molar-refractivity contribution in [3.8, 4) is 22.6 Å². The van der Waals surface area contributed by atoms with Crippen molar-refractivity contribution in [3.05, 3.63) is 61.4 Å². The number of nitrogens with zero attached hydrogens (tertiary/aromatic N) is 3. The topological polar surface area (TPSA) is 72.4 Å². The lowest BCUT2D eigenvalue weighted by atomic mass is 10.1. The van der Waals surface area contributed by atoms with E-state index in [9.17, 15) is 9.18 Å². The maximum absolute atomic E-state index is 12.3. The Morgan fingerprint density at radius 3 is 2.64 bits per heavy atom. The fraction of sp³-hybridized carbons (Fsp3) is 0.0556. The highest BCUT2D eigenvalue weighted by molar-refractivity contribution is 5.91. The van der Waals surface area contributed by atoms with Crippen molar-refractivity contribution >= 4 is 17.2 Å². The smallest absolute Gasteiger partial charge is 0.255 e. The molecule has 0 atom stereocenters. The number of hydrogen-bond acceptors (Lipinski definition) is 4. The summed E-state index contributed by atoms with van der Waals surface area (Å²) in [5, 5.41) is 2.48. The molecule has 25 heavy (non-hydrogen) atoms. The van der Waals surface area contributed by atoms with E-state index in [-0.39, 0.29) is 0 Å². The van der Waals surface area contributed by atoms with E-state index in [0.717, 1.165) is 22.5 Å². The highest BCUT2D eigenvalue weighted by Gasteiger charge is 2.08. The van der Waals surface area contributed by atoms with Gasteiger partial charge in [-0.25, -0.2) is 14.4 Å². The zero-order valence-corrected chi connectivity index (χ0v) is 13.0. The summed E-state index contributed by atoms with van der Waals surface area (Å²) in [6.07, 6.45) is 6.60. The van der Waals surface area contributed by atoms with Crippen molar-refractivity contribution in [1.82, 2.24) is 14.4 Å². The van der Waals surface area contributed by atoms with Crippen LogP contribution in [0.3, 0.4) is 0 Å². The second-order valence-electron chi connectivity index (χ2n) is 5.43. The number of nitrogens with one attached hydrogen (secondary N) is 1. The first-order valence-electron chi connectivity index (χ1n) is 7.57. The van der Waals surface area contributed by atoms with Gasteiger partial charge in [0.25, 0.3) is 5.91 Å². The molecule has 4 rings (SSSR count). The number of rotatable bonds is 4. The molecule has 1 aromatic carbocycles. The number of pyridine rings is 1. The van der Waals surface area contributed by atoms with Gasteiger partial charge >= 0.3 is 0 Å². The van der Waals surface area contributed by atoms with Crippen molar-refractivity contribution in [3.63, 3.8) is 0 Å². The Morgan fingerprint density at radius 1 is 1.12 bits per heavy atom. The molecular formula is C18H13FN4O2. The number of carbonyl (C=O) groups is 1. The largest absolute Gasteiger partial charge is 0.444 e. The van der Waals surface area contributed by atoms with Crippen molar-refractivity contribution in [2.75, 3.05) is 12.0 Å². The lowest BCUT2D eigenvalue weighted by Gasteiger charge is -2.02. The number of fused-ring (bicyclic) bond motifs is 1. The molecule has 6 nitrogen and oxygen atoms in total. The average Bonchev–Trinajstić information content (AvgIpc) is 3.31. The predicted molar refractivity (Wildman–Crippen MR) is 90.7 cm³/mol. The first-order valence-corrected chi connectivity index (χ1v) is 7.57. The molecule has 0 bridgehead atoms. The van der Waals surface area contributed by atoms with Crippen LogP contribution >= 0.6 is 0 Å². The number of anilines is 1. The van der Waals surface area contributed by atoms with Crippen molar-refractivity contribution in [2.24, 2.45) is 0 Å². The average molecular weight is 335 g/mol. The zero-order chi connectivity index (χ0) is 17.2. The van der Waals surface area contributed by atoms with Crippen LogP contribution in [0.1, 0.15) is 0 Å². The molecule has 1 amide bonds. The Balaban J connectivity index is 1.64. The van der Waals surface area contributed by atoms with Crippen LogP contribution < -0.4 is 5.32 Å². The molecular weight excluding hydrogens is 322 g/mol. The molecule has 0 saturated heterocycles. The van der Waals surface area contributed by atoms with Crippen LogP contribution in [-0.4, -0.2) is 27.0 Å². The Hall–Kier alpha value is -3.48. The van der Waals surface area contributed by atoms with E-state index < -0.39 is 12.6 Å². The molecule has 0 fully saturated rings. The Bertz CT molecular complexity index is 1020. The highest BCUT2D eigenvalue weighted by atomic mass is 18.2. The van der Waals surface area contributed by atoms with Crippen LogP contribution in [0.4, 0.5) is 10.1 Å². The fourth-order valence-electron chi connectivity index (χ4n) is 2.56. The van der Waals surface area contributed by atoms with Gasteiger partial charge in [0.1, 0.15) is 5.65 Å². The first-order chi connectivity index (χ1) is 12.2. The monoisotopic (exact) mass is 335 g/mol. The Kier molecular flexibility index (Phi) is 3.74. The van der Waals surface area contributed by atoms with Gasteiger partial charge in [0.15, 0.2) is 18.8 Å². The van der Waals surface area contributed by atoms with Gasteiger partial charge in [0, 0.05) is 23.5 Å².